The van der Waals surface area contributed by atoms with Crippen molar-refractivity contribution in [3.8, 4) is 0 Å². The Hall–Kier alpha value is -2.01. The van der Waals surface area contributed by atoms with E-state index >= 15 is 0 Å². The maximum atomic E-state index is 11.8. The predicted molar refractivity (Wildman–Crippen MR) is 105 cm³/mol. The van der Waals surface area contributed by atoms with Gasteiger partial charge in [-0.3, -0.25) is 0 Å². The molecule has 0 saturated heterocycles. The highest BCUT2D eigenvalue weighted by Gasteiger charge is 2.20. The molecule has 0 spiro atoms. The molecule has 1 unspecified atom stereocenters. The van der Waals surface area contributed by atoms with Gasteiger partial charge in [0.15, 0.2) is 0 Å². The van der Waals surface area contributed by atoms with Gasteiger partial charge in [-0.15, -0.1) is 0 Å². The lowest BCUT2D eigenvalue weighted by Gasteiger charge is -2.21. The summed E-state index contributed by atoms with van der Waals surface area (Å²) in [4.78, 5) is 0. The molecular weight excluding hydrogens is 346 g/mol. The highest BCUT2D eigenvalue weighted by Crippen LogP contribution is 2.33. The molecule has 1 aromatic heterocycles. The first-order valence-corrected chi connectivity index (χ1v) is 10.4. The zero-order valence-electron chi connectivity index (χ0n) is 15.9. The largest absolute Gasteiger partial charge is 0.427 e. The van der Waals surface area contributed by atoms with Gasteiger partial charge in [0.2, 0.25) is 14.9 Å². The van der Waals surface area contributed by atoms with Crippen molar-refractivity contribution in [1.29, 1.82) is 0 Å². The summed E-state index contributed by atoms with van der Waals surface area (Å²) in [5.74, 6) is -0.0518. The molecule has 2 aromatic rings. The molecular formula is C21H29NO3S. The number of aryl methyl sites for hydroxylation is 2. The fourth-order valence-corrected chi connectivity index (χ4v) is 4.12. The third kappa shape index (κ3) is 5.01. The van der Waals surface area contributed by atoms with Crippen molar-refractivity contribution >= 4 is 10.3 Å². The Bertz CT molecular complexity index is 905. The molecule has 0 radical (unpaired) electrons. The van der Waals surface area contributed by atoms with Crippen LogP contribution in [0.2, 0.25) is 0 Å². The molecule has 0 saturated carbocycles. The maximum absolute atomic E-state index is 11.8. The van der Waals surface area contributed by atoms with Crippen LogP contribution in [0.5, 0.6) is 0 Å². The monoisotopic (exact) mass is 375 g/mol. The number of benzene rings is 1. The van der Waals surface area contributed by atoms with E-state index in [-0.39, 0.29) is 10.6 Å². The second-order valence-corrected chi connectivity index (χ2v) is 7.82. The number of aromatic nitrogens is 1. The van der Waals surface area contributed by atoms with Gasteiger partial charge < -0.3 is 5.21 Å². The summed E-state index contributed by atoms with van der Waals surface area (Å²) >= 11 is 0. The Balaban J connectivity index is 2.50. The fraction of sp³-hybridized carbons (Fsp3) is 0.476. The summed E-state index contributed by atoms with van der Waals surface area (Å²) in [5.41, 5.74) is 4.09. The molecule has 0 bridgehead atoms. The third-order valence-corrected chi connectivity index (χ3v) is 5.64. The van der Waals surface area contributed by atoms with Crippen LogP contribution in [0.25, 0.3) is 0 Å². The number of hydrogen-bond acceptors (Lipinski definition) is 3. The smallest absolute Gasteiger partial charge is 0.242 e. The molecule has 0 aliphatic carbocycles. The SMILES string of the molecule is CCCCCCCC(c1cc(C)ccc1C)c1cccn(O)c1=S(=O)=O. The van der Waals surface area contributed by atoms with Crippen LogP contribution in [0.4, 0.5) is 0 Å². The van der Waals surface area contributed by atoms with Gasteiger partial charge in [0.05, 0.1) is 0 Å². The van der Waals surface area contributed by atoms with Gasteiger partial charge in [0, 0.05) is 17.7 Å². The standard InChI is InChI=1S/C21H29NO3S/c1-4-5-6-7-8-10-18(20-15-16(2)12-13-17(20)3)19-11-9-14-22(23)21(19)26(24)25/h9,11-15,18,23H,4-8,10H2,1-3H3. The Morgan fingerprint density at radius 3 is 2.46 bits per heavy atom. The summed E-state index contributed by atoms with van der Waals surface area (Å²) in [5, 5.41) is 10.0. The van der Waals surface area contributed by atoms with Gasteiger partial charge in [0.25, 0.3) is 0 Å². The molecule has 1 atom stereocenters. The Kier molecular flexibility index (Phi) is 7.51. The van der Waals surface area contributed by atoms with Crippen molar-refractivity contribution in [3.05, 3.63) is 63.4 Å². The number of rotatable bonds is 8. The number of hydrogen-bond donors (Lipinski definition) is 1. The second kappa shape index (κ2) is 9.62. The molecule has 2 rings (SSSR count). The molecule has 26 heavy (non-hydrogen) atoms. The lowest BCUT2D eigenvalue weighted by atomic mass is 9.84. The second-order valence-electron chi connectivity index (χ2n) is 6.96. The van der Waals surface area contributed by atoms with Gasteiger partial charge >= 0.3 is 0 Å². The minimum atomic E-state index is -2.51. The van der Waals surface area contributed by atoms with Crippen molar-refractivity contribution in [3.63, 3.8) is 0 Å². The molecule has 142 valence electrons. The van der Waals surface area contributed by atoms with Crippen LogP contribution in [-0.4, -0.2) is 18.4 Å². The van der Waals surface area contributed by atoms with Crippen molar-refractivity contribution in [2.75, 3.05) is 0 Å². The average molecular weight is 376 g/mol. The van der Waals surface area contributed by atoms with Crippen molar-refractivity contribution in [1.82, 2.24) is 4.73 Å². The summed E-state index contributed by atoms with van der Waals surface area (Å²) in [6.45, 7) is 6.30. The van der Waals surface area contributed by atoms with Gasteiger partial charge in [-0.25, -0.2) is 0 Å². The summed E-state index contributed by atoms with van der Waals surface area (Å²) in [6, 6.07) is 9.80. The highest BCUT2D eigenvalue weighted by molar-refractivity contribution is 7.63. The van der Waals surface area contributed by atoms with E-state index in [9.17, 15) is 13.6 Å². The normalized spacial score (nSPS) is 12.1. The maximum Gasteiger partial charge on any atom is 0.242 e. The summed E-state index contributed by atoms with van der Waals surface area (Å²) in [7, 11) is -2.51. The first-order valence-electron chi connectivity index (χ1n) is 9.36. The lowest BCUT2D eigenvalue weighted by molar-refractivity contribution is 0.178. The molecule has 4 nitrogen and oxygen atoms in total. The highest BCUT2D eigenvalue weighted by atomic mass is 32.2. The third-order valence-electron chi connectivity index (χ3n) is 4.90. The topological polar surface area (TPSA) is 59.3 Å². The summed E-state index contributed by atoms with van der Waals surface area (Å²) in [6.07, 6.45) is 8.01. The van der Waals surface area contributed by atoms with Gasteiger partial charge in [-0.2, -0.15) is 13.1 Å². The van der Waals surface area contributed by atoms with Crippen LogP contribution in [0.15, 0.2) is 36.5 Å². The lowest BCUT2D eigenvalue weighted by Crippen LogP contribution is -2.09. The van der Waals surface area contributed by atoms with Crippen LogP contribution in [-0.2, 0) is 10.3 Å². The van der Waals surface area contributed by atoms with Crippen LogP contribution >= 0.6 is 0 Å². The van der Waals surface area contributed by atoms with E-state index in [0.717, 1.165) is 36.0 Å². The molecule has 5 heteroatoms. The Morgan fingerprint density at radius 2 is 1.77 bits per heavy atom. The zero-order valence-corrected chi connectivity index (χ0v) is 16.7. The van der Waals surface area contributed by atoms with Crippen LogP contribution in [0.3, 0.4) is 0 Å². The minimum absolute atomic E-state index is 0.0491. The minimum Gasteiger partial charge on any atom is -0.427 e. The Labute approximate surface area is 157 Å². The number of pyridine rings is 1. The van der Waals surface area contributed by atoms with E-state index in [4.69, 9.17) is 0 Å². The molecule has 0 amide bonds. The van der Waals surface area contributed by atoms with Gasteiger partial charge in [-0.1, -0.05) is 68.9 Å². The van der Waals surface area contributed by atoms with Crippen LogP contribution < -0.4 is 0 Å². The molecule has 1 heterocycles. The van der Waals surface area contributed by atoms with Crippen LogP contribution in [0.1, 0.15) is 73.6 Å². The van der Waals surface area contributed by atoms with E-state index in [0.29, 0.717) is 10.3 Å². The number of unbranched alkanes of at least 4 members (excludes halogenated alkanes) is 4. The van der Waals surface area contributed by atoms with E-state index in [1.807, 2.05) is 13.0 Å². The van der Waals surface area contributed by atoms with E-state index in [1.165, 1.54) is 25.5 Å². The zero-order chi connectivity index (χ0) is 19.1. The van der Waals surface area contributed by atoms with Crippen LogP contribution in [0, 0.1) is 18.5 Å². The first kappa shape index (κ1) is 20.3. The fourth-order valence-electron chi connectivity index (χ4n) is 3.50. The van der Waals surface area contributed by atoms with Crippen molar-refractivity contribution < 1.29 is 13.6 Å². The molecule has 0 fully saturated rings. The van der Waals surface area contributed by atoms with Crippen molar-refractivity contribution in [2.24, 2.45) is 0 Å². The first-order chi connectivity index (χ1) is 12.5. The Morgan fingerprint density at radius 1 is 1.04 bits per heavy atom. The van der Waals surface area contributed by atoms with Crippen molar-refractivity contribution in [2.45, 2.75) is 65.2 Å². The average Bonchev–Trinajstić information content (AvgIpc) is 2.60. The molecule has 1 N–H and O–H groups in total. The van der Waals surface area contributed by atoms with E-state index < -0.39 is 10.3 Å². The van der Waals surface area contributed by atoms with Gasteiger partial charge in [-0.05, 0) is 37.5 Å². The van der Waals surface area contributed by atoms with E-state index in [1.54, 1.807) is 6.07 Å². The quantitative estimate of drug-likeness (QED) is 0.390. The molecule has 0 aliphatic rings. The predicted octanol–water partition coefficient (Wildman–Crippen LogP) is 5.25. The summed E-state index contributed by atoms with van der Waals surface area (Å²) < 4.78 is 24.2. The molecule has 1 aromatic carbocycles. The van der Waals surface area contributed by atoms with E-state index in [2.05, 4.69) is 32.0 Å². The molecule has 0 aliphatic heterocycles. The number of nitrogens with zero attached hydrogens (tertiary/aromatic N) is 1. The van der Waals surface area contributed by atoms with Gasteiger partial charge in [0.1, 0.15) is 0 Å².